The number of nitrogens with zero attached hydrogens (tertiary/aromatic N) is 3. The molecule has 2 aromatic carbocycles. The van der Waals surface area contributed by atoms with E-state index in [0.717, 1.165) is 42.9 Å². The van der Waals surface area contributed by atoms with Gasteiger partial charge in [-0.05, 0) is 68.7 Å². The number of hydrogen-bond donors (Lipinski definition) is 1. The quantitative estimate of drug-likeness (QED) is 0.653. The van der Waals surface area contributed by atoms with Crippen molar-refractivity contribution >= 4 is 11.7 Å². The molecule has 1 atom stereocenters. The Hall–Kier alpha value is -3.28. The van der Waals surface area contributed by atoms with Gasteiger partial charge in [0.15, 0.2) is 5.82 Å². The first-order chi connectivity index (χ1) is 15.0. The Kier molecular flexibility index (Phi) is 6.26. The van der Waals surface area contributed by atoms with E-state index in [2.05, 4.69) is 51.6 Å². The summed E-state index contributed by atoms with van der Waals surface area (Å²) in [7, 11) is 0. The van der Waals surface area contributed by atoms with Gasteiger partial charge in [0.05, 0.1) is 11.7 Å². The second-order valence-electron chi connectivity index (χ2n) is 8.19. The van der Waals surface area contributed by atoms with Crippen molar-refractivity contribution in [1.29, 1.82) is 0 Å². The van der Waals surface area contributed by atoms with Gasteiger partial charge in [-0.1, -0.05) is 29.8 Å². The normalized spacial score (nSPS) is 15.5. The Balaban J connectivity index is 1.31. The van der Waals surface area contributed by atoms with E-state index in [0.29, 0.717) is 5.69 Å². The number of aryl methyl sites for hydroxylation is 1. The molecule has 160 valence electrons. The van der Waals surface area contributed by atoms with Gasteiger partial charge in [-0.15, -0.1) is 10.2 Å². The number of piperidine rings is 1. The van der Waals surface area contributed by atoms with E-state index >= 15 is 0 Å². The molecule has 6 heteroatoms. The summed E-state index contributed by atoms with van der Waals surface area (Å²) in [4.78, 5) is 14.9. The van der Waals surface area contributed by atoms with Gasteiger partial charge in [-0.2, -0.15) is 0 Å². The zero-order valence-electron chi connectivity index (χ0n) is 17.9. The summed E-state index contributed by atoms with van der Waals surface area (Å²) in [6.07, 6.45) is 1.57. The van der Waals surface area contributed by atoms with E-state index in [1.165, 1.54) is 17.7 Å². The Labute approximate surface area is 182 Å². The standard InChI is InChI=1S/C25H27FN4O/c1-17-3-5-19(6-4-17)18(2)27-25(31)21-13-15-30(16-14-21)24-12-11-23(28-29-24)20-7-9-22(26)10-8-20/h3-12,18,21H,13-16H2,1-2H3,(H,27,31)/t18-/m0/s1. The van der Waals surface area contributed by atoms with E-state index in [9.17, 15) is 9.18 Å². The number of hydrogen-bond acceptors (Lipinski definition) is 4. The molecule has 0 bridgehead atoms. The van der Waals surface area contributed by atoms with Crippen LogP contribution in [0.15, 0.2) is 60.7 Å². The minimum absolute atomic E-state index is 0.00370. The molecule has 1 aliphatic rings. The van der Waals surface area contributed by atoms with Crippen LogP contribution >= 0.6 is 0 Å². The van der Waals surface area contributed by atoms with E-state index in [1.54, 1.807) is 12.1 Å². The van der Waals surface area contributed by atoms with Crippen LogP contribution in [-0.4, -0.2) is 29.2 Å². The summed E-state index contributed by atoms with van der Waals surface area (Å²) in [6.45, 7) is 5.61. The van der Waals surface area contributed by atoms with E-state index < -0.39 is 0 Å². The predicted molar refractivity (Wildman–Crippen MR) is 120 cm³/mol. The minimum Gasteiger partial charge on any atom is -0.355 e. The number of nitrogens with one attached hydrogen (secondary N) is 1. The first-order valence-corrected chi connectivity index (χ1v) is 10.7. The lowest BCUT2D eigenvalue weighted by molar-refractivity contribution is -0.126. The molecule has 31 heavy (non-hydrogen) atoms. The Morgan fingerprint density at radius 1 is 1.00 bits per heavy atom. The highest BCUT2D eigenvalue weighted by Gasteiger charge is 2.26. The van der Waals surface area contributed by atoms with Crippen molar-refractivity contribution < 1.29 is 9.18 Å². The lowest BCUT2D eigenvalue weighted by Gasteiger charge is -2.32. The molecule has 0 radical (unpaired) electrons. The molecule has 2 heterocycles. The lowest BCUT2D eigenvalue weighted by atomic mass is 9.95. The average Bonchev–Trinajstić information content (AvgIpc) is 2.80. The third-order valence-corrected chi connectivity index (χ3v) is 5.92. The highest BCUT2D eigenvalue weighted by molar-refractivity contribution is 5.79. The molecule has 3 aromatic rings. The van der Waals surface area contributed by atoms with Gasteiger partial charge in [0, 0.05) is 24.6 Å². The molecule has 1 saturated heterocycles. The molecule has 0 aliphatic carbocycles. The van der Waals surface area contributed by atoms with Crippen LogP contribution in [0.2, 0.25) is 0 Å². The molecule has 1 aromatic heterocycles. The monoisotopic (exact) mass is 418 g/mol. The Bertz CT molecular complexity index is 1010. The largest absolute Gasteiger partial charge is 0.355 e. The van der Waals surface area contributed by atoms with Crippen molar-refractivity contribution in [3.8, 4) is 11.3 Å². The molecular weight excluding hydrogens is 391 g/mol. The number of benzene rings is 2. The SMILES string of the molecule is Cc1ccc([C@H](C)NC(=O)C2CCN(c3ccc(-c4ccc(F)cc4)nn3)CC2)cc1. The fourth-order valence-electron chi connectivity index (χ4n) is 3.91. The average molecular weight is 419 g/mol. The Morgan fingerprint density at radius 2 is 1.68 bits per heavy atom. The van der Waals surface area contributed by atoms with E-state index in [-0.39, 0.29) is 23.7 Å². The van der Waals surface area contributed by atoms with E-state index in [4.69, 9.17) is 0 Å². The number of aromatic nitrogens is 2. The van der Waals surface area contributed by atoms with Gasteiger partial charge >= 0.3 is 0 Å². The summed E-state index contributed by atoms with van der Waals surface area (Å²) in [5.74, 6) is 0.660. The maximum atomic E-state index is 13.1. The highest BCUT2D eigenvalue weighted by atomic mass is 19.1. The Morgan fingerprint density at radius 3 is 2.29 bits per heavy atom. The van der Waals surface area contributed by atoms with Gasteiger partial charge in [0.2, 0.25) is 5.91 Å². The van der Waals surface area contributed by atoms with Gasteiger partial charge in [-0.3, -0.25) is 4.79 Å². The molecule has 0 saturated carbocycles. The van der Waals surface area contributed by atoms with Crippen molar-refractivity contribution in [1.82, 2.24) is 15.5 Å². The van der Waals surface area contributed by atoms with Crippen molar-refractivity contribution in [3.05, 3.63) is 77.6 Å². The van der Waals surface area contributed by atoms with Crippen LogP contribution in [0.5, 0.6) is 0 Å². The minimum atomic E-state index is -0.270. The predicted octanol–water partition coefficient (Wildman–Crippen LogP) is 4.68. The summed E-state index contributed by atoms with van der Waals surface area (Å²) >= 11 is 0. The molecule has 4 rings (SSSR count). The van der Waals surface area contributed by atoms with E-state index in [1.807, 2.05) is 19.1 Å². The lowest BCUT2D eigenvalue weighted by Crippen LogP contribution is -2.41. The topological polar surface area (TPSA) is 58.1 Å². The van der Waals surface area contributed by atoms with Crippen LogP contribution < -0.4 is 10.2 Å². The number of carbonyl (C=O) groups is 1. The number of anilines is 1. The van der Waals surface area contributed by atoms with Crippen molar-refractivity contribution in [3.63, 3.8) is 0 Å². The fraction of sp³-hybridized carbons (Fsp3) is 0.320. The molecule has 1 N–H and O–H groups in total. The highest BCUT2D eigenvalue weighted by Crippen LogP contribution is 2.24. The van der Waals surface area contributed by atoms with Crippen LogP contribution in [0.3, 0.4) is 0 Å². The second-order valence-corrected chi connectivity index (χ2v) is 8.19. The smallest absolute Gasteiger partial charge is 0.223 e. The molecule has 1 aliphatic heterocycles. The van der Waals surface area contributed by atoms with Crippen LogP contribution in [0.25, 0.3) is 11.3 Å². The number of amides is 1. The molecular formula is C25H27FN4O. The van der Waals surface area contributed by atoms with Gasteiger partial charge in [0.25, 0.3) is 0 Å². The number of rotatable bonds is 5. The summed E-state index contributed by atoms with van der Waals surface area (Å²) in [6, 6.07) is 18.3. The summed E-state index contributed by atoms with van der Waals surface area (Å²) < 4.78 is 13.1. The van der Waals surface area contributed by atoms with Crippen LogP contribution in [0.1, 0.15) is 36.9 Å². The first-order valence-electron chi connectivity index (χ1n) is 10.7. The zero-order chi connectivity index (χ0) is 21.8. The molecule has 0 spiro atoms. The summed E-state index contributed by atoms with van der Waals surface area (Å²) in [5.41, 5.74) is 3.87. The number of halogens is 1. The number of carbonyl (C=O) groups excluding carboxylic acids is 1. The maximum absolute atomic E-state index is 13.1. The molecule has 1 fully saturated rings. The van der Waals surface area contributed by atoms with Gasteiger partial charge < -0.3 is 10.2 Å². The van der Waals surface area contributed by atoms with Crippen LogP contribution in [0, 0.1) is 18.7 Å². The summed E-state index contributed by atoms with van der Waals surface area (Å²) in [5, 5.41) is 11.8. The fourth-order valence-corrected chi connectivity index (χ4v) is 3.91. The van der Waals surface area contributed by atoms with Crippen molar-refractivity contribution in [2.75, 3.05) is 18.0 Å². The van der Waals surface area contributed by atoms with Crippen LogP contribution in [-0.2, 0) is 4.79 Å². The van der Waals surface area contributed by atoms with Crippen molar-refractivity contribution in [2.24, 2.45) is 5.92 Å². The van der Waals surface area contributed by atoms with Crippen molar-refractivity contribution in [2.45, 2.75) is 32.7 Å². The first kappa shape index (κ1) is 21.0. The molecule has 1 amide bonds. The third-order valence-electron chi connectivity index (χ3n) is 5.92. The third kappa shape index (κ3) is 5.08. The molecule has 5 nitrogen and oxygen atoms in total. The van der Waals surface area contributed by atoms with Crippen LogP contribution in [0.4, 0.5) is 10.2 Å². The van der Waals surface area contributed by atoms with Gasteiger partial charge in [0.1, 0.15) is 5.82 Å². The maximum Gasteiger partial charge on any atom is 0.223 e. The second kappa shape index (κ2) is 9.25. The zero-order valence-corrected chi connectivity index (χ0v) is 17.9. The van der Waals surface area contributed by atoms with Gasteiger partial charge in [-0.25, -0.2) is 4.39 Å². The molecule has 0 unspecified atom stereocenters.